The van der Waals surface area contributed by atoms with E-state index in [9.17, 15) is 17.6 Å². The minimum absolute atomic E-state index is 0.0616. The Bertz CT molecular complexity index is 1040. The zero-order valence-electron chi connectivity index (χ0n) is 16.1. The molecule has 4 rings (SSSR count). The van der Waals surface area contributed by atoms with Gasteiger partial charge in [0.1, 0.15) is 25.6 Å². The normalized spacial score (nSPS) is 16.2. The molecule has 0 radical (unpaired) electrons. The summed E-state index contributed by atoms with van der Waals surface area (Å²) in [6, 6.07) is 9.39. The first kappa shape index (κ1) is 20.4. The molecule has 2 aliphatic heterocycles. The Morgan fingerprint density at radius 3 is 2.47 bits per heavy atom. The SMILES string of the molecule is O=C(CN(c1cccc(F)c1)S(=O)(=O)c1ccc2c(c1)OCCO2)N1CCOCC1. The Kier molecular flexibility index (Phi) is 5.78. The van der Waals surface area contributed by atoms with Gasteiger partial charge in [-0.15, -0.1) is 0 Å². The van der Waals surface area contributed by atoms with Crippen LogP contribution in [-0.4, -0.2) is 65.3 Å². The van der Waals surface area contributed by atoms with Crippen molar-refractivity contribution in [3.8, 4) is 11.5 Å². The zero-order chi connectivity index (χ0) is 21.1. The van der Waals surface area contributed by atoms with Crippen LogP contribution in [-0.2, 0) is 19.6 Å². The van der Waals surface area contributed by atoms with Gasteiger partial charge in [0.25, 0.3) is 10.0 Å². The smallest absolute Gasteiger partial charge is 0.264 e. The zero-order valence-corrected chi connectivity index (χ0v) is 16.9. The summed E-state index contributed by atoms with van der Waals surface area (Å²) in [4.78, 5) is 14.3. The van der Waals surface area contributed by atoms with E-state index in [1.165, 1.54) is 41.3 Å². The number of ether oxygens (including phenoxy) is 3. The molecule has 2 aliphatic rings. The van der Waals surface area contributed by atoms with Crippen molar-refractivity contribution in [2.75, 3.05) is 50.4 Å². The van der Waals surface area contributed by atoms with Gasteiger partial charge in [0.15, 0.2) is 11.5 Å². The van der Waals surface area contributed by atoms with Gasteiger partial charge < -0.3 is 19.1 Å². The lowest BCUT2D eigenvalue weighted by Gasteiger charge is -2.30. The Balaban J connectivity index is 1.69. The van der Waals surface area contributed by atoms with Gasteiger partial charge in [0, 0.05) is 19.2 Å². The summed E-state index contributed by atoms with van der Waals surface area (Å²) in [7, 11) is -4.19. The topological polar surface area (TPSA) is 85.4 Å². The molecule has 160 valence electrons. The molecule has 1 fully saturated rings. The molecule has 0 atom stereocenters. The predicted molar refractivity (Wildman–Crippen MR) is 106 cm³/mol. The van der Waals surface area contributed by atoms with E-state index >= 15 is 0 Å². The maximum atomic E-state index is 13.9. The number of sulfonamides is 1. The summed E-state index contributed by atoms with van der Waals surface area (Å²) in [5.41, 5.74) is 0.0616. The second-order valence-corrected chi connectivity index (χ2v) is 8.65. The van der Waals surface area contributed by atoms with Gasteiger partial charge in [0.2, 0.25) is 5.91 Å². The van der Waals surface area contributed by atoms with Gasteiger partial charge in [-0.25, -0.2) is 12.8 Å². The fraction of sp³-hybridized carbons (Fsp3) is 0.350. The average Bonchev–Trinajstić information content (AvgIpc) is 2.77. The number of carbonyl (C=O) groups excluding carboxylic acids is 1. The minimum Gasteiger partial charge on any atom is -0.486 e. The van der Waals surface area contributed by atoms with E-state index < -0.39 is 22.4 Å². The number of hydrogen-bond donors (Lipinski definition) is 0. The molecule has 0 bridgehead atoms. The highest BCUT2D eigenvalue weighted by Crippen LogP contribution is 2.34. The summed E-state index contributed by atoms with van der Waals surface area (Å²) in [6.07, 6.45) is 0. The van der Waals surface area contributed by atoms with E-state index in [1.807, 2.05) is 0 Å². The molecule has 0 N–H and O–H groups in total. The number of amides is 1. The molecule has 2 aromatic rings. The number of carbonyl (C=O) groups is 1. The Labute approximate surface area is 173 Å². The fourth-order valence-electron chi connectivity index (χ4n) is 3.29. The monoisotopic (exact) mass is 436 g/mol. The van der Waals surface area contributed by atoms with Crippen LogP contribution >= 0.6 is 0 Å². The summed E-state index contributed by atoms with van der Waals surface area (Å²) >= 11 is 0. The third kappa shape index (κ3) is 4.19. The summed E-state index contributed by atoms with van der Waals surface area (Å²) in [6.45, 7) is 1.75. The molecule has 10 heteroatoms. The van der Waals surface area contributed by atoms with Crippen molar-refractivity contribution in [1.82, 2.24) is 4.90 Å². The molecule has 0 aliphatic carbocycles. The molecule has 1 amide bonds. The molecule has 0 unspecified atom stereocenters. The van der Waals surface area contributed by atoms with Crippen molar-refractivity contribution in [2.24, 2.45) is 0 Å². The van der Waals surface area contributed by atoms with Crippen molar-refractivity contribution in [2.45, 2.75) is 4.90 Å². The van der Waals surface area contributed by atoms with Gasteiger partial charge in [-0.1, -0.05) is 6.07 Å². The first-order valence-electron chi connectivity index (χ1n) is 9.48. The van der Waals surface area contributed by atoms with Crippen molar-refractivity contribution in [1.29, 1.82) is 0 Å². The fourth-order valence-corrected chi connectivity index (χ4v) is 4.72. The number of hydrogen-bond acceptors (Lipinski definition) is 6. The van der Waals surface area contributed by atoms with Gasteiger partial charge in [-0.2, -0.15) is 0 Å². The number of anilines is 1. The molecule has 0 spiro atoms. The van der Waals surface area contributed by atoms with Crippen LogP contribution in [0.1, 0.15) is 0 Å². The quantitative estimate of drug-likeness (QED) is 0.709. The second kappa shape index (κ2) is 8.49. The molecule has 1 saturated heterocycles. The van der Waals surface area contributed by atoms with E-state index in [4.69, 9.17) is 14.2 Å². The van der Waals surface area contributed by atoms with Crippen LogP contribution in [0.15, 0.2) is 47.4 Å². The molecule has 8 nitrogen and oxygen atoms in total. The van der Waals surface area contributed by atoms with Crippen molar-refractivity contribution in [3.05, 3.63) is 48.3 Å². The van der Waals surface area contributed by atoms with E-state index in [0.717, 1.165) is 10.4 Å². The van der Waals surface area contributed by atoms with Crippen molar-refractivity contribution < 1.29 is 31.8 Å². The van der Waals surface area contributed by atoms with Crippen molar-refractivity contribution >= 4 is 21.6 Å². The predicted octanol–water partition coefficient (Wildman–Crippen LogP) is 1.65. The second-order valence-electron chi connectivity index (χ2n) is 6.79. The van der Waals surface area contributed by atoms with E-state index in [2.05, 4.69) is 0 Å². The third-order valence-electron chi connectivity index (χ3n) is 4.84. The van der Waals surface area contributed by atoms with E-state index in [-0.39, 0.29) is 16.5 Å². The molecular weight excluding hydrogens is 415 g/mol. The van der Waals surface area contributed by atoms with E-state index in [0.29, 0.717) is 51.0 Å². The Hall–Kier alpha value is -2.85. The number of morpholine rings is 1. The standard InChI is InChI=1S/C20H21FN2O6S/c21-15-2-1-3-16(12-15)23(14-20(24)22-6-8-27-9-7-22)30(25,26)17-4-5-18-19(13-17)29-11-10-28-18/h1-5,12-13H,6-11,14H2. The highest BCUT2D eigenvalue weighted by atomic mass is 32.2. The van der Waals surface area contributed by atoms with Gasteiger partial charge in [-0.05, 0) is 30.3 Å². The lowest BCUT2D eigenvalue weighted by molar-refractivity contribution is -0.133. The number of halogens is 1. The molecule has 30 heavy (non-hydrogen) atoms. The molecular formula is C20H21FN2O6S. The Morgan fingerprint density at radius 2 is 1.73 bits per heavy atom. The van der Waals surface area contributed by atoms with Gasteiger partial charge in [-0.3, -0.25) is 9.10 Å². The first-order chi connectivity index (χ1) is 14.4. The van der Waals surface area contributed by atoms with Gasteiger partial charge in [0.05, 0.1) is 23.8 Å². The lowest BCUT2D eigenvalue weighted by Crippen LogP contribution is -2.47. The number of benzene rings is 2. The van der Waals surface area contributed by atoms with Crippen LogP contribution < -0.4 is 13.8 Å². The van der Waals surface area contributed by atoms with Crippen LogP contribution in [0.5, 0.6) is 11.5 Å². The van der Waals surface area contributed by atoms with Crippen LogP contribution in [0.4, 0.5) is 10.1 Å². The van der Waals surface area contributed by atoms with Crippen LogP contribution in [0, 0.1) is 5.82 Å². The average molecular weight is 436 g/mol. The Morgan fingerprint density at radius 1 is 1.00 bits per heavy atom. The number of fused-ring (bicyclic) bond motifs is 1. The first-order valence-corrected chi connectivity index (χ1v) is 10.9. The summed E-state index contributed by atoms with van der Waals surface area (Å²) in [5, 5.41) is 0. The van der Waals surface area contributed by atoms with Crippen molar-refractivity contribution in [3.63, 3.8) is 0 Å². The molecule has 2 aromatic carbocycles. The number of nitrogens with zero attached hydrogens (tertiary/aromatic N) is 2. The summed E-state index contributed by atoms with van der Waals surface area (Å²) in [5.74, 6) is -0.236. The molecule has 0 aromatic heterocycles. The third-order valence-corrected chi connectivity index (χ3v) is 6.61. The minimum atomic E-state index is -4.19. The van der Waals surface area contributed by atoms with Crippen LogP contribution in [0.2, 0.25) is 0 Å². The highest BCUT2D eigenvalue weighted by Gasteiger charge is 2.31. The highest BCUT2D eigenvalue weighted by molar-refractivity contribution is 7.92. The largest absolute Gasteiger partial charge is 0.486 e. The maximum Gasteiger partial charge on any atom is 0.264 e. The van der Waals surface area contributed by atoms with E-state index in [1.54, 1.807) is 0 Å². The molecule has 0 saturated carbocycles. The van der Waals surface area contributed by atoms with Gasteiger partial charge >= 0.3 is 0 Å². The molecule has 2 heterocycles. The summed E-state index contributed by atoms with van der Waals surface area (Å²) < 4.78 is 57.9. The lowest BCUT2D eigenvalue weighted by atomic mass is 10.3. The van der Waals surface area contributed by atoms with Crippen LogP contribution in [0.25, 0.3) is 0 Å². The maximum absolute atomic E-state index is 13.9. The van der Waals surface area contributed by atoms with Crippen LogP contribution in [0.3, 0.4) is 0 Å². The number of rotatable bonds is 5.